The number of nitrogens with zero attached hydrogens (tertiary/aromatic N) is 1. The van der Waals surface area contributed by atoms with Gasteiger partial charge in [-0.3, -0.25) is 4.79 Å². The molecule has 0 aromatic heterocycles. The topological polar surface area (TPSA) is 61.7 Å². The number of aromatic hydroxyl groups is 1. The van der Waals surface area contributed by atoms with Crippen LogP contribution in [0.15, 0.2) is 35.4 Å². The van der Waals surface area contributed by atoms with E-state index in [1.807, 2.05) is 0 Å². The van der Waals surface area contributed by atoms with Gasteiger partial charge in [-0.15, -0.1) is 0 Å². The molecule has 0 fully saturated rings. The van der Waals surface area contributed by atoms with Gasteiger partial charge < -0.3 is 5.11 Å². The molecule has 0 spiro atoms. The Labute approximate surface area is 146 Å². The highest BCUT2D eigenvalue weighted by molar-refractivity contribution is 6.37. The van der Waals surface area contributed by atoms with E-state index in [9.17, 15) is 9.90 Å². The Balaban J connectivity index is 2.15. The minimum Gasteiger partial charge on any atom is -0.506 e. The second-order valence-corrected chi connectivity index (χ2v) is 5.84. The van der Waals surface area contributed by atoms with Gasteiger partial charge in [-0.1, -0.05) is 52.5 Å². The lowest BCUT2D eigenvalue weighted by atomic mass is 10.2. The van der Waals surface area contributed by atoms with Gasteiger partial charge in [0.1, 0.15) is 5.75 Å². The molecule has 0 aliphatic heterocycles. The lowest BCUT2D eigenvalue weighted by molar-refractivity contribution is 0.0952. The second-order valence-electron chi connectivity index (χ2n) is 4.15. The molecule has 0 atom stereocenters. The maximum Gasteiger partial charge on any atom is 0.275 e. The molecule has 2 aromatic rings. The molecule has 4 nitrogen and oxygen atoms in total. The number of rotatable bonds is 3. The van der Waals surface area contributed by atoms with E-state index in [1.54, 1.807) is 18.2 Å². The number of hydrogen-bond donors (Lipinski definition) is 2. The molecule has 22 heavy (non-hydrogen) atoms. The zero-order valence-corrected chi connectivity index (χ0v) is 13.8. The van der Waals surface area contributed by atoms with E-state index >= 15 is 0 Å². The molecule has 1 amide bonds. The number of nitrogens with one attached hydrogen (secondary N) is 1. The molecule has 0 aliphatic rings. The van der Waals surface area contributed by atoms with Crippen molar-refractivity contribution in [1.82, 2.24) is 5.43 Å². The zero-order valence-electron chi connectivity index (χ0n) is 10.8. The van der Waals surface area contributed by atoms with Crippen molar-refractivity contribution in [3.05, 3.63) is 61.5 Å². The Morgan fingerprint density at radius 3 is 2.41 bits per heavy atom. The summed E-state index contributed by atoms with van der Waals surface area (Å²) < 4.78 is 0. The number of halogens is 4. The van der Waals surface area contributed by atoms with Crippen molar-refractivity contribution in [2.24, 2.45) is 5.10 Å². The van der Waals surface area contributed by atoms with Crippen LogP contribution in [0.4, 0.5) is 0 Å². The highest BCUT2D eigenvalue weighted by atomic mass is 35.5. The first-order valence-electron chi connectivity index (χ1n) is 5.85. The van der Waals surface area contributed by atoms with Crippen LogP contribution in [0.3, 0.4) is 0 Å². The minimum atomic E-state index is -0.664. The van der Waals surface area contributed by atoms with Gasteiger partial charge in [0.2, 0.25) is 0 Å². The Morgan fingerprint density at radius 2 is 1.73 bits per heavy atom. The summed E-state index contributed by atoms with van der Waals surface area (Å²) in [6, 6.07) is 7.44. The number of phenolic OH excluding ortho intramolecular Hbond substituents is 1. The lowest BCUT2D eigenvalue weighted by Gasteiger charge is -2.05. The summed E-state index contributed by atoms with van der Waals surface area (Å²) in [5.74, 6) is -1.04. The fraction of sp³-hybridized carbons (Fsp3) is 0. The van der Waals surface area contributed by atoms with Gasteiger partial charge in [-0.25, -0.2) is 5.43 Å². The molecule has 0 bridgehead atoms. The van der Waals surface area contributed by atoms with E-state index in [1.165, 1.54) is 18.3 Å². The maximum absolute atomic E-state index is 11.9. The number of carbonyl (C=O) groups excluding carboxylic acids is 1. The molecule has 0 unspecified atom stereocenters. The van der Waals surface area contributed by atoms with Crippen LogP contribution >= 0.6 is 46.4 Å². The van der Waals surface area contributed by atoms with Crippen molar-refractivity contribution < 1.29 is 9.90 Å². The zero-order chi connectivity index (χ0) is 16.3. The van der Waals surface area contributed by atoms with E-state index in [-0.39, 0.29) is 21.4 Å². The van der Waals surface area contributed by atoms with E-state index in [4.69, 9.17) is 46.4 Å². The van der Waals surface area contributed by atoms with Crippen molar-refractivity contribution in [2.45, 2.75) is 0 Å². The Bertz CT molecular complexity index is 763. The van der Waals surface area contributed by atoms with Crippen LogP contribution < -0.4 is 5.43 Å². The van der Waals surface area contributed by atoms with Crippen LogP contribution in [0.2, 0.25) is 20.1 Å². The summed E-state index contributed by atoms with van der Waals surface area (Å²) in [5, 5.41) is 14.6. The highest BCUT2D eigenvalue weighted by Crippen LogP contribution is 2.31. The van der Waals surface area contributed by atoms with Gasteiger partial charge in [0.15, 0.2) is 0 Å². The number of hydrazone groups is 1. The number of benzene rings is 2. The molecule has 0 saturated carbocycles. The third-order valence-corrected chi connectivity index (χ3v) is 3.67. The average molecular weight is 378 g/mol. The molecule has 8 heteroatoms. The van der Waals surface area contributed by atoms with Gasteiger partial charge in [-0.2, -0.15) is 5.10 Å². The lowest BCUT2D eigenvalue weighted by Crippen LogP contribution is -2.17. The molecule has 2 rings (SSSR count). The normalized spacial score (nSPS) is 10.9. The van der Waals surface area contributed by atoms with Crippen molar-refractivity contribution in [1.29, 1.82) is 0 Å². The minimum absolute atomic E-state index is 0.0256. The van der Waals surface area contributed by atoms with Crippen molar-refractivity contribution in [3.8, 4) is 5.75 Å². The molecule has 2 N–H and O–H groups in total. The quantitative estimate of drug-likeness (QED) is 0.597. The summed E-state index contributed by atoms with van der Waals surface area (Å²) in [5.41, 5.74) is 2.73. The highest BCUT2D eigenvalue weighted by Gasteiger charge is 2.14. The Kier molecular flexibility index (Phi) is 5.53. The van der Waals surface area contributed by atoms with Crippen LogP contribution in [0.5, 0.6) is 5.75 Å². The summed E-state index contributed by atoms with van der Waals surface area (Å²) in [6.07, 6.45) is 1.35. The summed E-state index contributed by atoms with van der Waals surface area (Å²) in [6.45, 7) is 0. The van der Waals surface area contributed by atoms with Crippen LogP contribution in [0, 0.1) is 0 Å². The van der Waals surface area contributed by atoms with Gasteiger partial charge in [-0.05, 0) is 24.3 Å². The number of carbonyl (C=O) groups is 1. The van der Waals surface area contributed by atoms with E-state index in [0.717, 1.165) is 0 Å². The fourth-order valence-electron chi connectivity index (χ4n) is 1.57. The molecule has 2 aromatic carbocycles. The predicted molar refractivity (Wildman–Crippen MR) is 89.6 cm³/mol. The number of phenols is 1. The van der Waals surface area contributed by atoms with Crippen LogP contribution in [-0.2, 0) is 0 Å². The fourth-order valence-corrected chi connectivity index (χ4v) is 2.52. The Morgan fingerprint density at radius 1 is 1.05 bits per heavy atom. The molecule has 0 saturated heterocycles. The van der Waals surface area contributed by atoms with E-state index < -0.39 is 5.91 Å². The standard InChI is InChI=1S/C14H8Cl4N2O2/c15-8-2-1-7(11(17)4-8)6-19-20-14(22)10-3-9(16)5-12(18)13(10)21/h1-6,21H,(H,20,22)/b19-6+. The van der Waals surface area contributed by atoms with Crippen molar-refractivity contribution >= 4 is 58.5 Å². The van der Waals surface area contributed by atoms with Gasteiger partial charge in [0.05, 0.1) is 21.8 Å². The molecule has 0 aliphatic carbocycles. The van der Waals surface area contributed by atoms with Gasteiger partial charge in [0, 0.05) is 15.6 Å². The molecule has 0 heterocycles. The Hall–Kier alpha value is -1.46. The number of hydrogen-bond acceptors (Lipinski definition) is 3. The smallest absolute Gasteiger partial charge is 0.275 e. The third-order valence-electron chi connectivity index (χ3n) is 2.61. The molecular formula is C14H8Cl4N2O2. The first-order valence-corrected chi connectivity index (χ1v) is 7.36. The van der Waals surface area contributed by atoms with Crippen molar-refractivity contribution in [2.75, 3.05) is 0 Å². The molecule has 0 radical (unpaired) electrons. The predicted octanol–water partition coefficient (Wildman–Crippen LogP) is 4.77. The van der Waals surface area contributed by atoms with Crippen LogP contribution in [-0.4, -0.2) is 17.2 Å². The summed E-state index contributed by atoms with van der Waals surface area (Å²) in [4.78, 5) is 11.9. The SMILES string of the molecule is O=C(N/N=C/c1ccc(Cl)cc1Cl)c1cc(Cl)cc(Cl)c1O. The monoisotopic (exact) mass is 376 g/mol. The second kappa shape index (κ2) is 7.20. The van der Waals surface area contributed by atoms with E-state index in [0.29, 0.717) is 15.6 Å². The van der Waals surface area contributed by atoms with Crippen LogP contribution in [0.1, 0.15) is 15.9 Å². The van der Waals surface area contributed by atoms with Gasteiger partial charge in [0.25, 0.3) is 5.91 Å². The number of amides is 1. The van der Waals surface area contributed by atoms with Crippen LogP contribution in [0.25, 0.3) is 0 Å². The summed E-state index contributed by atoms with van der Waals surface area (Å²) in [7, 11) is 0. The van der Waals surface area contributed by atoms with Gasteiger partial charge >= 0.3 is 0 Å². The first-order chi connectivity index (χ1) is 10.4. The average Bonchev–Trinajstić information content (AvgIpc) is 2.45. The summed E-state index contributed by atoms with van der Waals surface area (Å²) >= 11 is 23.3. The van der Waals surface area contributed by atoms with E-state index in [2.05, 4.69) is 10.5 Å². The first kappa shape index (κ1) is 16.9. The van der Waals surface area contributed by atoms with Crippen molar-refractivity contribution in [3.63, 3.8) is 0 Å². The molecular weight excluding hydrogens is 370 g/mol. The maximum atomic E-state index is 11.9. The largest absolute Gasteiger partial charge is 0.506 e. The molecule has 114 valence electrons. The third kappa shape index (κ3) is 4.05.